The summed E-state index contributed by atoms with van der Waals surface area (Å²) in [6.45, 7) is 4.72. The fraction of sp³-hybridized carbons (Fsp3) is 0.286. The van der Waals surface area contributed by atoms with E-state index in [0.29, 0.717) is 54.1 Å². The number of nitrogens with zero attached hydrogens (tertiary/aromatic N) is 1. The van der Waals surface area contributed by atoms with Gasteiger partial charge in [-0.15, -0.1) is 11.3 Å². The molecule has 0 saturated heterocycles. The van der Waals surface area contributed by atoms with Crippen LogP contribution in [-0.2, 0) is 13.0 Å². The summed E-state index contributed by atoms with van der Waals surface area (Å²) in [6, 6.07) is 11.9. The van der Waals surface area contributed by atoms with E-state index in [2.05, 4.69) is 20.9 Å². The molecule has 0 radical (unpaired) electrons. The summed E-state index contributed by atoms with van der Waals surface area (Å²) in [6.07, 6.45) is 3.16. The maximum absolute atomic E-state index is 14.4. The Morgan fingerprint density at radius 3 is 2.53 bits per heavy atom. The summed E-state index contributed by atoms with van der Waals surface area (Å²) in [5.74, 6) is -2.24. The molecule has 3 amide bonds. The van der Waals surface area contributed by atoms with Crippen molar-refractivity contribution in [3.63, 3.8) is 0 Å². The van der Waals surface area contributed by atoms with Crippen LogP contribution in [-0.4, -0.2) is 53.0 Å². The molecule has 2 aromatic heterocycles. The van der Waals surface area contributed by atoms with Crippen molar-refractivity contribution in [1.29, 1.82) is 0 Å². The van der Waals surface area contributed by atoms with Gasteiger partial charge in [-0.25, -0.2) is 9.78 Å². The molecule has 1 fully saturated rings. The number of carbonyl (C=O) groups is 4. The molecule has 242 valence electrons. The largest absolute Gasteiger partial charge is 0.493 e. The molecular formula is C35H35N5O6S. The molecule has 1 saturated carbocycles. The van der Waals surface area contributed by atoms with Gasteiger partial charge >= 0.3 is 5.97 Å². The summed E-state index contributed by atoms with van der Waals surface area (Å²) < 4.78 is 6.13. The summed E-state index contributed by atoms with van der Waals surface area (Å²) >= 11 is 1.52. The zero-order valence-corrected chi connectivity index (χ0v) is 26.9. The summed E-state index contributed by atoms with van der Waals surface area (Å²) in [5.41, 5.74) is 9.82. The van der Waals surface area contributed by atoms with Crippen LogP contribution < -0.4 is 26.4 Å². The minimum Gasteiger partial charge on any atom is -0.493 e. The molecule has 2 aromatic carbocycles. The van der Waals surface area contributed by atoms with Crippen molar-refractivity contribution in [1.82, 2.24) is 15.6 Å². The van der Waals surface area contributed by atoms with E-state index in [1.165, 1.54) is 23.5 Å². The fourth-order valence-electron chi connectivity index (χ4n) is 5.62. The van der Waals surface area contributed by atoms with E-state index < -0.39 is 17.8 Å². The highest BCUT2D eigenvalue weighted by Crippen LogP contribution is 2.43. The van der Waals surface area contributed by atoms with E-state index >= 15 is 0 Å². The number of nitrogens with one attached hydrogen (secondary N) is 3. The van der Waals surface area contributed by atoms with Gasteiger partial charge in [-0.1, -0.05) is 13.0 Å². The first-order valence-electron chi connectivity index (χ1n) is 15.5. The number of hydrogen-bond donors (Lipinski definition) is 5. The number of benzene rings is 2. The molecule has 0 unspecified atom stereocenters. The Bertz CT molecular complexity index is 1910. The van der Waals surface area contributed by atoms with Crippen molar-refractivity contribution in [3.8, 4) is 27.3 Å². The smallest absolute Gasteiger partial charge is 0.355 e. The highest BCUT2D eigenvalue weighted by molar-refractivity contribution is 7.13. The Morgan fingerprint density at radius 1 is 1.00 bits per heavy atom. The third kappa shape index (κ3) is 6.60. The van der Waals surface area contributed by atoms with E-state index in [0.717, 1.165) is 28.8 Å². The lowest BCUT2D eigenvalue weighted by Crippen LogP contribution is -2.28. The van der Waals surface area contributed by atoms with Crippen LogP contribution in [0.25, 0.3) is 21.6 Å². The van der Waals surface area contributed by atoms with Gasteiger partial charge in [0, 0.05) is 52.7 Å². The lowest BCUT2D eigenvalue weighted by Gasteiger charge is -2.19. The minimum atomic E-state index is -1.36. The zero-order chi connectivity index (χ0) is 33.2. The Kier molecular flexibility index (Phi) is 9.06. The average molecular weight is 654 g/mol. The highest BCUT2D eigenvalue weighted by Gasteiger charge is 2.29. The molecule has 0 atom stereocenters. The van der Waals surface area contributed by atoms with Gasteiger partial charge in [0.15, 0.2) is 5.69 Å². The Balaban J connectivity index is 1.50. The molecule has 4 aromatic rings. The number of carbonyl (C=O) groups excluding carboxylic acids is 3. The van der Waals surface area contributed by atoms with E-state index in [9.17, 15) is 24.3 Å². The van der Waals surface area contributed by atoms with Crippen LogP contribution in [0.1, 0.15) is 84.6 Å². The van der Waals surface area contributed by atoms with E-state index in [1.807, 2.05) is 24.4 Å². The molecule has 47 heavy (non-hydrogen) atoms. The number of aryl methyl sites for hydroxylation is 1. The predicted molar refractivity (Wildman–Crippen MR) is 179 cm³/mol. The number of aromatic carboxylic acids is 1. The van der Waals surface area contributed by atoms with Crippen LogP contribution in [0.15, 0.2) is 47.8 Å². The topological polar surface area (TPSA) is 173 Å². The van der Waals surface area contributed by atoms with Crippen LogP contribution in [0.2, 0.25) is 0 Å². The number of anilines is 1. The highest BCUT2D eigenvalue weighted by atomic mass is 32.1. The number of carboxylic acid groups (broad SMARTS) is 1. The minimum absolute atomic E-state index is 0.0539. The number of carboxylic acids is 1. The predicted octanol–water partition coefficient (Wildman–Crippen LogP) is 5.16. The van der Waals surface area contributed by atoms with Gasteiger partial charge in [-0.3, -0.25) is 14.4 Å². The quantitative estimate of drug-likeness (QED) is 0.156. The standard InChI is InChI=1S/C35H35N5O6S/c1-3-10-37-34(43)27-7-6-22(30(39-27)35(44)45)23-16-28-25(31-20(8-11-46-28)9-12-47-31)15-24(23)32(41)40-29-18(2)13-19(17-36)14-26(29)33(42)38-21-4-5-21/h6-7,9,12-16,21H,3-5,8,10-11,17,36H2,1-2H3,(H,37,43)(H,38,42)(H,40,41)(H,44,45). The first kappa shape index (κ1) is 31.9. The lowest BCUT2D eigenvalue weighted by molar-refractivity contribution is 0.0690. The Labute approximate surface area is 275 Å². The molecule has 1 aliphatic heterocycles. The van der Waals surface area contributed by atoms with E-state index in [-0.39, 0.29) is 46.6 Å². The van der Waals surface area contributed by atoms with Crippen LogP contribution in [0, 0.1) is 6.92 Å². The number of fused-ring (bicyclic) bond motifs is 3. The number of thiophene rings is 1. The molecule has 12 heteroatoms. The van der Waals surface area contributed by atoms with Crippen molar-refractivity contribution in [2.24, 2.45) is 5.73 Å². The molecule has 6 N–H and O–H groups in total. The molecular weight excluding hydrogens is 618 g/mol. The third-order valence-corrected chi connectivity index (χ3v) is 9.16. The van der Waals surface area contributed by atoms with Crippen LogP contribution in [0.5, 0.6) is 5.75 Å². The molecule has 11 nitrogen and oxygen atoms in total. The maximum atomic E-state index is 14.4. The maximum Gasteiger partial charge on any atom is 0.355 e. The SMILES string of the molecule is CCCNC(=O)c1ccc(-c2cc3c(cc2C(=O)Nc2c(C)cc(CN)cc2C(=O)NC2CC2)-c2sccc2CCO3)c(C(=O)O)n1. The van der Waals surface area contributed by atoms with Crippen molar-refractivity contribution < 1.29 is 29.0 Å². The average Bonchev–Trinajstić information content (AvgIpc) is 3.80. The van der Waals surface area contributed by atoms with Crippen molar-refractivity contribution in [3.05, 3.63) is 87.0 Å². The number of ether oxygens (including phenoxy) is 1. The number of amides is 3. The molecule has 0 spiro atoms. The third-order valence-electron chi connectivity index (χ3n) is 8.17. The van der Waals surface area contributed by atoms with Gasteiger partial charge in [0.25, 0.3) is 17.7 Å². The Hall–Kier alpha value is -5.07. The van der Waals surface area contributed by atoms with Gasteiger partial charge in [-0.05, 0) is 84.7 Å². The second-order valence-electron chi connectivity index (χ2n) is 11.7. The van der Waals surface area contributed by atoms with Gasteiger partial charge in [0.2, 0.25) is 0 Å². The number of aromatic nitrogens is 1. The Morgan fingerprint density at radius 2 is 1.81 bits per heavy atom. The van der Waals surface area contributed by atoms with Crippen molar-refractivity contribution >= 4 is 40.7 Å². The lowest BCUT2D eigenvalue weighted by atomic mass is 9.93. The second kappa shape index (κ2) is 13.3. The van der Waals surface area contributed by atoms with Crippen LogP contribution in [0.4, 0.5) is 5.69 Å². The number of rotatable bonds is 10. The second-order valence-corrected chi connectivity index (χ2v) is 12.6. The zero-order valence-electron chi connectivity index (χ0n) is 26.1. The fourth-order valence-corrected chi connectivity index (χ4v) is 6.60. The van der Waals surface area contributed by atoms with Gasteiger partial charge < -0.3 is 31.5 Å². The normalized spacial score (nSPS) is 13.4. The summed E-state index contributed by atoms with van der Waals surface area (Å²) in [5, 5.41) is 20.9. The van der Waals surface area contributed by atoms with Crippen molar-refractivity contribution in [2.75, 3.05) is 18.5 Å². The monoisotopic (exact) mass is 653 g/mol. The van der Waals surface area contributed by atoms with E-state index in [1.54, 1.807) is 25.1 Å². The number of hydrogen-bond acceptors (Lipinski definition) is 8. The van der Waals surface area contributed by atoms with Crippen molar-refractivity contribution in [2.45, 2.75) is 52.1 Å². The molecule has 2 aliphatic rings. The van der Waals surface area contributed by atoms with Gasteiger partial charge in [0.05, 0.1) is 17.9 Å². The van der Waals surface area contributed by atoms with E-state index in [4.69, 9.17) is 10.5 Å². The van der Waals surface area contributed by atoms with Gasteiger partial charge in [0.1, 0.15) is 11.4 Å². The van der Waals surface area contributed by atoms with Gasteiger partial charge in [-0.2, -0.15) is 0 Å². The molecule has 0 bridgehead atoms. The van der Waals surface area contributed by atoms with Crippen LogP contribution in [0.3, 0.4) is 0 Å². The summed E-state index contributed by atoms with van der Waals surface area (Å²) in [4.78, 5) is 58.1. The molecule has 1 aliphatic carbocycles. The summed E-state index contributed by atoms with van der Waals surface area (Å²) in [7, 11) is 0. The molecule has 6 rings (SSSR count). The molecule has 3 heterocycles. The number of pyridine rings is 1. The van der Waals surface area contributed by atoms with Crippen LogP contribution >= 0.6 is 11.3 Å². The first-order chi connectivity index (χ1) is 22.7. The number of nitrogens with two attached hydrogens (primary N) is 1. The first-order valence-corrected chi connectivity index (χ1v) is 16.4.